The topological polar surface area (TPSA) is 97.8 Å². The van der Waals surface area contributed by atoms with E-state index in [1.807, 2.05) is 64.3 Å². The van der Waals surface area contributed by atoms with E-state index in [0.29, 0.717) is 6.54 Å². The second-order valence-corrected chi connectivity index (χ2v) is 11.6. The monoisotopic (exact) mass is 501 g/mol. The van der Waals surface area contributed by atoms with Crippen molar-refractivity contribution < 1.29 is 14.7 Å². The number of carbonyl (C=O) groups is 2. The van der Waals surface area contributed by atoms with Crippen LogP contribution in [-0.2, 0) is 9.59 Å². The normalized spacial score (nSPS) is 20.2. The Morgan fingerprint density at radius 2 is 1.91 bits per heavy atom. The van der Waals surface area contributed by atoms with Gasteiger partial charge in [0.1, 0.15) is 6.04 Å². The van der Waals surface area contributed by atoms with E-state index in [0.717, 1.165) is 21.7 Å². The Balaban J connectivity index is 1.80. The van der Waals surface area contributed by atoms with Crippen LogP contribution in [0.3, 0.4) is 0 Å². The van der Waals surface area contributed by atoms with Crippen LogP contribution in [0, 0.1) is 12.3 Å². The summed E-state index contributed by atoms with van der Waals surface area (Å²) in [7, 11) is 5.67. The minimum absolute atomic E-state index is 0.159. The van der Waals surface area contributed by atoms with Gasteiger partial charge in [0, 0.05) is 19.5 Å². The summed E-state index contributed by atoms with van der Waals surface area (Å²) < 4.78 is 0. The number of nitrogens with one attached hydrogen (secondary N) is 2. The number of hydrogen-bond donors (Lipinski definition) is 3. The number of likely N-dealkylation sites (tertiary alicyclic amines) is 1. The van der Waals surface area contributed by atoms with E-state index >= 15 is 0 Å². The molecule has 0 saturated carbocycles. The molecule has 35 heavy (non-hydrogen) atoms. The molecule has 3 rings (SSSR count). The number of aliphatic hydroxyl groups is 1. The van der Waals surface area contributed by atoms with Crippen LogP contribution < -0.4 is 10.6 Å². The molecule has 1 fully saturated rings. The lowest BCUT2D eigenvalue weighted by atomic mass is 9.86. The number of aromatic nitrogens is 1. The number of aryl methyl sites for hydroxylation is 1. The number of aliphatic hydroxyl groups excluding tert-OH is 1. The first-order valence-electron chi connectivity index (χ1n) is 12.0. The highest BCUT2D eigenvalue weighted by atomic mass is 32.1. The number of rotatable bonds is 8. The van der Waals surface area contributed by atoms with Gasteiger partial charge in [-0.1, -0.05) is 45.0 Å². The van der Waals surface area contributed by atoms with Gasteiger partial charge in [0.2, 0.25) is 11.8 Å². The zero-order valence-corrected chi connectivity index (χ0v) is 22.6. The van der Waals surface area contributed by atoms with Crippen LogP contribution in [-0.4, -0.2) is 84.1 Å². The van der Waals surface area contributed by atoms with Crippen molar-refractivity contribution in [2.75, 3.05) is 34.2 Å². The van der Waals surface area contributed by atoms with Crippen molar-refractivity contribution in [1.29, 1.82) is 0 Å². The minimum Gasteiger partial charge on any atom is -0.391 e. The van der Waals surface area contributed by atoms with E-state index in [9.17, 15) is 14.7 Å². The Hall–Kier alpha value is -2.33. The van der Waals surface area contributed by atoms with Gasteiger partial charge in [-0.05, 0) is 44.6 Å². The van der Waals surface area contributed by atoms with E-state index in [1.54, 1.807) is 18.4 Å². The summed E-state index contributed by atoms with van der Waals surface area (Å²) in [6.45, 7) is 8.71. The van der Waals surface area contributed by atoms with Crippen LogP contribution in [0.25, 0.3) is 10.4 Å². The third-order valence-electron chi connectivity index (χ3n) is 6.45. The highest BCUT2D eigenvalue weighted by Gasteiger charge is 2.43. The van der Waals surface area contributed by atoms with E-state index in [4.69, 9.17) is 0 Å². The molecule has 4 atom stereocenters. The molecule has 0 radical (unpaired) electrons. The zero-order chi connectivity index (χ0) is 25.9. The number of nitrogens with zero attached hydrogens (tertiary/aromatic N) is 3. The van der Waals surface area contributed by atoms with Crippen LogP contribution in [0.4, 0.5) is 0 Å². The molecule has 2 amide bonds. The summed E-state index contributed by atoms with van der Waals surface area (Å²) in [6, 6.07) is 6.76. The molecule has 192 valence electrons. The minimum atomic E-state index is -0.721. The number of hydrogen-bond acceptors (Lipinski definition) is 7. The number of amides is 2. The fourth-order valence-corrected chi connectivity index (χ4v) is 5.52. The van der Waals surface area contributed by atoms with E-state index in [-0.39, 0.29) is 36.2 Å². The molecule has 0 bridgehead atoms. The maximum Gasteiger partial charge on any atom is 0.243 e. The quantitative estimate of drug-likeness (QED) is 0.514. The molecule has 1 saturated heterocycles. The Kier molecular flexibility index (Phi) is 8.69. The average molecular weight is 502 g/mol. The number of thiazole rings is 1. The third kappa shape index (κ3) is 6.46. The standard InChI is InChI=1S/C26H39N5O3S/c1-16-22(35-15-28-16)18-10-8-17(9-11-18)20(14-30(6)7)29-24(33)21-12-19(32)13-31(21)25(34)23(27-5)26(2,3)4/h8-11,15,19-21,23,27,32H,12-14H2,1-7H3,(H,29,33). The molecule has 4 unspecified atom stereocenters. The Morgan fingerprint density at radius 3 is 2.43 bits per heavy atom. The number of likely N-dealkylation sites (N-methyl/N-ethyl adjacent to an activating group) is 2. The van der Waals surface area contributed by atoms with Crippen LogP contribution >= 0.6 is 11.3 Å². The Bertz CT molecular complexity index is 1010. The molecule has 1 aliphatic heterocycles. The maximum absolute atomic E-state index is 13.5. The lowest BCUT2D eigenvalue weighted by Gasteiger charge is -2.35. The van der Waals surface area contributed by atoms with Crippen LogP contribution in [0.5, 0.6) is 0 Å². The van der Waals surface area contributed by atoms with E-state index in [2.05, 4.69) is 27.8 Å². The number of carbonyl (C=O) groups excluding carboxylic acids is 2. The summed E-state index contributed by atoms with van der Waals surface area (Å²) in [5.41, 5.74) is 4.60. The smallest absolute Gasteiger partial charge is 0.243 e. The summed E-state index contributed by atoms with van der Waals surface area (Å²) in [6.07, 6.45) is -0.488. The second kappa shape index (κ2) is 11.2. The predicted molar refractivity (Wildman–Crippen MR) is 140 cm³/mol. The van der Waals surface area contributed by atoms with Gasteiger partial charge in [-0.25, -0.2) is 4.98 Å². The van der Waals surface area contributed by atoms with Crippen molar-refractivity contribution in [2.45, 2.75) is 58.3 Å². The first-order chi connectivity index (χ1) is 16.4. The van der Waals surface area contributed by atoms with Gasteiger partial charge in [-0.15, -0.1) is 11.3 Å². The largest absolute Gasteiger partial charge is 0.391 e. The zero-order valence-electron chi connectivity index (χ0n) is 21.8. The van der Waals surface area contributed by atoms with Crippen molar-refractivity contribution >= 4 is 23.2 Å². The molecule has 3 N–H and O–H groups in total. The molecule has 8 nitrogen and oxygen atoms in total. The maximum atomic E-state index is 13.5. The fourth-order valence-electron chi connectivity index (χ4n) is 4.71. The Labute approximate surface area is 212 Å². The van der Waals surface area contributed by atoms with Gasteiger partial charge in [-0.2, -0.15) is 0 Å². The van der Waals surface area contributed by atoms with Gasteiger partial charge >= 0.3 is 0 Å². The second-order valence-electron chi connectivity index (χ2n) is 10.7. The van der Waals surface area contributed by atoms with E-state index in [1.165, 1.54) is 4.90 Å². The molecule has 1 aromatic carbocycles. The van der Waals surface area contributed by atoms with Crippen molar-refractivity contribution in [3.63, 3.8) is 0 Å². The van der Waals surface area contributed by atoms with Gasteiger partial charge < -0.3 is 25.5 Å². The SMILES string of the molecule is CNC(C(=O)N1CC(O)CC1C(=O)NC(CN(C)C)c1ccc(-c2scnc2C)cc1)C(C)(C)C. The summed E-state index contributed by atoms with van der Waals surface area (Å²) in [5, 5.41) is 16.6. The molecule has 0 spiro atoms. The summed E-state index contributed by atoms with van der Waals surface area (Å²) >= 11 is 1.61. The summed E-state index contributed by atoms with van der Waals surface area (Å²) in [4.78, 5) is 35.9. The fraction of sp³-hybridized carbons (Fsp3) is 0.577. The summed E-state index contributed by atoms with van der Waals surface area (Å²) in [5.74, 6) is -0.405. The molecular formula is C26H39N5O3S. The van der Waals surface area contributed by atoms with Gasteiger partial charge in [0.25, 0.3) is 0 Å². The number of benzene rings is 1. The lowest BCUT2D eigenvalue weighted by Crippen LogP contribution is -2.56. The van der Waals surface area contributed by atoms with Gasteiger partial charge in [0.05, 0.1) is 34.3 Å². The van der Waals surface area contributed by atoms with Gasteiger partial charge in [-0.3, -0.25) is 9.59 Å². The van der Waals surface area contributed by atoms with Crippen LogP contribution in [0.1, 0.15) is 44.5 Å². The highest BCUT2D eigenvalue weighted by molar-refractivity contribution is 7.13. The van der Waals surface area contributed by atoms with Crippen molar-refractivity contribution in [3.8, 4) is 10.4 Å². The van der Waals surface area contributed by atoms with Crippen LogP contribution in [0.2, 0.25) is 0 Å². The molecule has 2 heterocycles. The first kappa shape index (κ1) is 27.3. The molecule has 2 aromatic rings. The van der Waals surface area contributed by atoms with Gasteiger partial charge in [0.15, 0.2) is 0 Å². The molecular weight excluding hydrogens is 462 g/mol. The molecule has 1 aliphatic rings. The molecule has 9 heteroatoms. The molecule has 1 aromatic heterocycles. The average Bonchev–Trinajstić information content (AvgIpc) is 3.38. The number of β-amino-alcohol motifs (C(OH)–C–C–N with tert-alkyl or cyclic N) is 1. The highest BCUT2D eigenvalue weighted by Crippen LogP contribution is 2.29. The van der Waals surface area contributed by atoms with Crippen molar-refractivity contribution in [3.05, 3.63) is 41.0 Å². The Morgan fingerprint density at radius 1 is 1.26 bits per heavy atom. The predicted octanol–water partition coefficient (Wildman–Crippen LogP) is 2.43. The van der Waals surface area contributed by atoms with Crippen molar-refractivity contribution in [1.82, 2.24) is 25.4 Å². The van der Waals surface area contributed by atoms with Crippen LogP contribution in [0.15, 0.2) is 29.8 Å². The van der Waals surface area contributed by atoms with E-state index < -0.39 is 18.2 Å². The first-order valence-corrected chi connectivity index (χ1v) is 12.9. The van der Waals surface area contributed by atoms with Crippen molar-refractivity contribution in [2.24, 2.45) is 5.41 Å². The third-order valence-corrected chi connectivity index (χ3v) is 7.43. The lowest BCUT2D eigenvalue weighted by molar-refractivity contribution is -0.142. The molecule has 0 aliphatic carbocycles.